The first-order valence-corrected chi connectivity index (χ1v) is 16.3. The molecule has 0 saturated carbocycles. The summed E-state index contributed by atoms with van der Waals surface area (Å²) < 4.78 is 8.46. The molecule has 0 radical (unpaired) electrons. The van der Waals surface area contributed by atoms with Gasteiger partial charge in [-0.1, -0.05) is 89.1 Å². The Bertz CT molecular complexity index is 2110. The molecular weight excluding hydrogens is 625 g/mol. The van der Waals surface area contributed by atoms with Crippen LogP contribution in [0.15, 0.2) is 106 Å². The van der Waals surface area contributed by atoms with Crippen LogP contribution in [0.25, 0.3) is 16.8 Å². The number of thiazole rings is 1. The van der Waals surface area contributed by atoms with Crippen molar-refractivity contribution in [1.82, 2.24) is 9.47 Å². The third kappa shape index (κ3) is 6.08. The minimum Gasteiger partial charge on any atom is -0.488 e. The van der Waals surface area contributed by atoms with Gasteiger partial charge in [0.1, 0.15) is 12.4 Å². The average molecular weight is 657 g/mol. The van der Waals surface area contributed by atoms with Crippen LogP contribution in [0.2, 0.25) is 10.0 Å². The molecule has 0 bridgehead atoms. The number of fused-ring (bicyclic) bond motifs is 2. The van der Waals surface area contributed by atoms with Gasteiger partial charge in [-0.3, -0.25) is 14.2 Å². The number of nitrogens with zero attached hydrogens (tertiary/aromatic N) is 3. The van der Waals surface area contributed by atoms with E-state index in [1.165, 1.54) is 11.3 Å². The number of carbonyl (C=O) groups is 1. The summed E-state index contributed by atoms with van der Waals surface area (Å²) in [6, 6.07) is 26.1. The predicted molar refractivity (Wildman–Crippen MR) is 183 cm³/mol. The van der Waals surface area contributed by atoms with Crippen molar-refractivity contribution in [2.75, 3.05) is 13.1 Å². The fourth-order valence-corrected chi connectivity index (χ4v) is 6.94. The maximum atomic E-state index is 14.4. The number of benzene rings is 4. The van der Waals surface area contributed by atoms with E-state index in [9.17, 15) is 9.59 Å². The van der Waals surface area contributed by atoms with Crippen molar-refractivity contribution in [2.45, 2.75) is 33.4 Å². The molecule has 228 valence electrons. The summed E-state index contributed by atoms with van der Waals surface area (Å²) in [5, 5.41) is 3.22. The van der Waals surface area contributed by atoms with Gasteiger partial charge in [-0.15, -0.1) is 0 Å². The number of likely N-dealkylation sites (N-methyl/N-ethyl adjacent to an activating group) is 1. The second-order valence-corrected chi connectivity index (χ2v) is 12.6. The Balaban J connectivity index is 1.52. The summed E-state index contributed by atoms with van der Waals surface area (Å²) in [7, 11) is 0. The molecule has 0 spiro atoms. The highest BCUT2D eigenvalue weighted by molar-refractivity contribution is 7.07. The number of rotatable bonds is 8. The molecule has 1 aliphatic rings. The van der Waals surface area contributed by atoms with Crippen LogP contribution in [0.4, 0.5) is 0 Å². The fourth-order valence-electron chi connectivity index (χ4n) is 5.66. The molecule has 0 fully saturated rings. The van der Waals surface area contributed by atoms with E-state index in [1.54, 1.807) is 21.6 Å². The van der Waals surface area contributed by atoms with Crippen LogP contribution in [0, 0.1) is 0 Å². The molecule has 45 heavy (non-hydrogen) atoms. The maximum Gasteiger partial charge on any atom is 0.271 e. The molecule has 1 amide bonds. The Morgan fingerprint density at radius 3 is 2.31 bits per heavy atom. The first-order valence-electron chi connectivity index (χ1n) is 14.7. The lowest BCUT2D eigenvalue weighted by atomic mass is 9.94. The number of aromatic nitrogens is 1. The number of amides is 1. The van der Waals surface area contributed by atoms with E-state index in [2.05, 4.69) is 0 Å². The van der Waals surface area contributed by atoms with Gasteiger partial charge in [0.25, 0.3) is 11.5 Å². The Hall–Kier alpha value is -4.17. The molecule has 0 unspecified atom stereocenters. The van der Waals surface area contributed by atoms with Crippen LogP contribution in [0.3, 0.4) is 0 Å². The third-order valence-electron chi connectivity index (χ3n) is 8.00. The quantitative estimate of drug-likeness (QED) is 0.178. The second-order valence-electron chi connectivity index (χ2n) is 10.7. The summed E-state index contributed by atoms with van der Waals surface area (Å²) in [5.41, 5.74) is 3.41. The Kier molecular flexibility index (Phi) is 8.95. The van der Waals surface area contributed by atoms with Gasteiger partial charge in [0, 0.05) is 28.7 Å². The van der Waals surface area contributed by atoms with Crippen LogP contribution >= 0.6 is 34.5 Å². The first kappa shape index (κ1) is 30.8. The van der Waals surface area contributed by atoms with Gasteiger partial charge >= 0.3 is 0 Å². The number of allylic oxidation sites excluding steroid dienone is 1. The zero-order valence-corrected chi connectivity index (χ0v) is 27.4. The van der Waals surface area contributed by atoms with Crippen molar-refractivity contribution in [1.29, 1.82) is 0 Å². The molecule has 9 heteroatoms. The first-order chi connectivity index (χ1) is 21.8. The summed E-state index contributed by atoms with van der Waals surface area (Å²) in [4.78, 5) is 35.3. The van der Waals surface area contributed by atoms with E-state index in [0.29, 0.717) is 56.1 Å². The molecule has 1 atom stereocenters. The van der Waals surface area contributed by atoms with Crippen LogP contribution in [-0.2, 0) is 11.4 Å². The Morgan fingerprint density at radius 2 is 1.62 bits per heavy atom. The number of hydrogen-bond acceptors (Lipinski definition) is 5. The Morgan fingerprint density at radius 1 is 0.956 bits per heavy atom. The van der Waals surface area contributed by atoms with Crippen molar-refractivity contribution in [3.05, 3.63) is 143 Å². The van der Waals surface area contributed by atoms with E-state index in [-0.39, 0.29) is 11.5 Å². The smallest absolute Gasteiger partial charge is 0.271 e. The highest BCUT2D eigenvalue weighted by Crippen LogP contribution is 2.33. The lowest BCUT2D eigenvalue weighted by Gasteiger charge is -2.29. The lowest BCUT2D eigenvalue weighted by Crippen LogP contribution is -2.43. The monoisotopic (exact) mass is 655 g/mol. The van der Waals surface area contributed by atoms with Gasteiger partial charge in [-0.2, -0.15) is 0 Å². The second kappa shape index (κ2) is 13.1. The van der Waals surface area contributed by atoms with Crippen molar-refractivity contribution < 1.29 is 9.53 Å². The Labute approximate surface area is 275 Å². The van der Waals surface area contributed by atoms with Crippen LogP contribution < -0.4 is 19.6 Å². The standard InChI is InChI=1S/C36H31Cl2N3O3S/c1-4-40(5-2)35(43)32-22(3)39-36-41(33(32)25-12-17-27(38)18-13-25)34(42)31(45-36)20-29-28-9-7-6-8-24(28)14-19-30(29)44-21-23-10-15-26(37)16-11-23/h6-20,33H,4-5,21H2,1-3H3/b31-20+/t33-/m1/s1. The van der Waals surface area contributed by atoms with Crippen molar-refractivity contribution >= 4 is 57.3 Å². The van der Waals surface area contributed by atoms with Gasteiger partial charge in [0.2, 0.25) is 0 Å². The lowest BCUT2D eigenvalue weighted by molar-refractivity contribution is -0.127. The predicted octanol–water partition coefficient (Wildman–Crippen LogP) is 7.14. The molecule has 5 aromatic rings. The van der Waals surface area contributed by atoms with Crippen molar-refractivity contribution in [3.8, 4) is 5.75 Å². The van der Waals surface area contributed by atoms with E-state index in [0.717, 1.165) is 27.5 Å². The number of ether oxygens (including phenoxy) is 1. The third-order valence-corrected chi connectivity index (χ3v) is 9.49. The number of hydrogen-bond donors (Lipinski definition) is 0. The van der Waals surface area contributed by atoms with Crippen LogP contribution in [0.1, 0.15) is 43.5 Å². The normalized spacial score (nSPS) is 14.8. The van der Waals surface area contributed by atoms with Gasteiger partial charge in [-0.25, -0.2) is 4.99 Å². The maximum absolute atomic E-state index is 14.4. The average Bonchev–Trinajstić information content (AvgIpc) is 3.35. The molecule has 6 nitrogen and oxygen atoms in total. The fraction of sp³-hybridized carbons (Fsp3) is 0.194. The van der Waals surface area contributed by atoms with Gasteiger partial charge in [0.05, 0.1) is 21.8 Å². The topological polar surface area (TPSA) is 63.9 Å². The van der Waals surface area contributed by atoms with E-state index in [1.807, 2.05) is 99.6 Å². The molecule has 2 heterocycles. The summed E-state index contributed by atoms with van der Waals surface area (Å²) in [6.07, 6.45) is 1.88. The largest absolute Gasteiger partial charge is 0.488 e. The van der Waals surface area contributed by atoms with E-state index in [4.69, 9.17) is 32.9 Å². The van der Waals surface area contributed by atoms with E-state index < -0.39 is 6.04 Å². The van der Waals surface area contributed by atoms with E-state index >= 15 is 0 Å². The molecule has 0 saturated heterocycles. The highest BCUT2D eigenvalue weighted by Gasteiger charge is 2.34. The van der Waals surface area contributed by atoms with Gasteiger partial charge in [-0.05, 0) is 79.1 Å². The zero-order chi connectivity index (χ0) is 31.7. The van der Waals surface area contributed by atoms with Crippen LogP contribution in [0.5, 0.6) is 5.75 Å². The molecule has 0 N–H and O–H groups in total. The highest BCUT2D eigenvalue weighted by atomic mass is 35.5. The van der Waals surface area contributed by atoms with Crippen LogP contribution in [-0.4, -0.2) is 28.5 Å². The summed E-state index contributed by atoms with van der Waals surface area (Å²) in [6.45, 7) is 7.16. The number of carbonyl (C=O) groups excluding carboxylic acids is 1. The molecule has 1 aromatic heterocycles. The molecular formula is C36H31Cl2N3O3S. The number of halogens is 2. The summed E-state index contributed by atoms with van der Waals surface area (Å²) in [5.74, 6) is 0.514. The minimum atomic E-state index is -0.651. The summed E-state index contributed by atoms with van der Waals surface area (Å²) >= 11 is 13.6. The molecule has 0 aliphatic carbocycles. The molecule has 1 aliphatic heterocycles. The van der Waals surface area contributed by atoms with Gasteiger partial charge < -0.3 is 9.64 Å². The minimum absolute atomic E-state index is 0.137. The SMILES string of the molecule is CCN(CC)C(=O)C1=C(C)N=c2s/c(=C/c3c(OCc4ccc(Cl)cc4)ccc4ccccc34)c(=O)n2[C@@H]1c1ccc(Cl)cc1. The van der Waals surface area contributed by atoms with Crippen molar-refractivity contribution in [3.63, 3.8) is 0 Å². The zero-order valence-electron chi connectivity index (χ0n) is 25.1. The van der Waals surface area contributed by atoms with Crippen molar-refractivity contribution in [2.24, 2.45) is 4.99 Å². The van der Waals surface area contributed by atoms with Gasteiger partial charge in [0.15, 0.2) is 4.80 Å². The molecule has 6 rings (SSSR count). The molecule has 4 aromatic carbocycles.